The number of ether oxygens (including phenoxy) is 2. The Kier molecular flexibility index (Phi) is 4.65. The van der Waals surface area contributed by atoms with Gasteiger partial charge in [-0.3, -0.25) is 0 Å². The first-order valence-corrected chi connectivity index (χ1v) is 8.51. The molecular weight excluding hydrogens is 252 g/mol. The van der Waals surface area contributed by atoms with Crippen molar-refractivity contribution in [1.29, 1.82) is 0 Å². The van der Waals surface area contributed by atoms with Gasteiger partial charge in [0.05, 0.1) is 18.4 Å². The molecule has 0 aromatic carbocycles. The van der Waals surface area contributed by atoms with E-state index in [1.807, 2.05) is 0 Å². The molecule has 1 unspecified atom stereocenters. The molecule has 2 saturated carbocycles. The second-order valence-electron chi connectivity index (χ2n) is 7.03. The van der Waals surface area contributed by atoms with E-state index in [2.05, 4.69) is 0 Å². The summed E-state index contributed by atoms with van der Waals surface area (Å²) in [5.41, 5.74) is 12.7. The molecule has 20 heavy (non-hydrogen) atoms. The van der Waals surface area contributed by atoms with E-state index in [0.29, 0.717) is 17.9 Å². The number of hydrogen-bond acceptors (Lipinski definition) is 4. The predicted molar refractivity (Wildman–Crippen MR) is 78.9 cm³/mol. The molecule has 2 aliphatic carbocycles. The van der Waals surface area contributed by atoms with Crippen LogP contribution in [0.4, 0.5) is 0 Å². The third-order valence-electron chi connectivity index (χ3n) is 5.70. The highest BCUT2D eigenvalue weighted by Crippen LogP contribution is 2.39. The van der Waals surface area contributed by atoms with Gasteiger partial charge in [-0.1, -0.05) is 19.3 Å². The van der Waals surface area contributed by atoms with Crippen molar-refractivity contribution in [3.8, 4) is 0 Å². The molecule has 0 aromatic heterocycles. The monoisotopic (exact) mass is 282 g/mol. The summed E-state index contributed by atoms with van der Waals surface area (Å²) < 4.78 is 11.3. The van der Waals surface area contributed by atoms with Gasteiger partial charge in [-0.2, -0.15) is 0 Å². The highest BCUT2D eigenvalue weighted by atomic mass is 16.7. The molecule has 0 aromatic rings. The Morgan fingerprint density at radius 1 is 0.800 bits per heavy atom. The average Bonchev–Trinajstić information content (AvgIpc) is 2.44. The molecule has 0 bridgehead atoms. The lowest BCUT2D eigenvalue weighted by atomic mass is 9.69. The third-order valence-corrected chi connectivity index (χ3v) is 5.70. The summed E-state index contributed by atoms with van der Waals surface area (Å²) in [5, 5.41) is 0. The first-order chi connectivity index (χ1) is 9.66. The molecule has 0 spiro atoms. The van der Waals surface area contributed by atoms with Crippen molar-refractivity contribution < 1.29 is 9.47 Å². The van der Waals surface area contributed by atoms with Crippen molar-refractivity contribution in [2.75, 3.05) is 6.61 Å². The van der Waals surface area contributed by atoms with Gasteiger partial charge in [0.2, 0.25) is 0 Å². The van der Waals surface area contributed by atoms with Crippen molar-refractivity contribution in [3.05, 3.63) is 0 Å². The fourth-order valence-electron chi connectivity index (χ4n) is 4.17. The summed E-state index contributed by atoms with van der Waals surface area (Å²) in [6.07, 6.45) is 12.3. The maximum absolute atomic E-state index is 6.56. The Morgan fingerprint density at radius 3 is 1.95 bits per heavy atom. The van der Waals surface area contributed by atoms with E-state index in [0.717, 1.165) is 38.7 Å². The minimum absolute atomic E-state index is 0.0652. The Labute approximate surface area is 122 Å². The average molecular weight is 282 g/mol. The normalized spacial score (nSPS) is 36.6. The maximum Gasteiger partial charge on any atom is 0.160 e. The van der Waals surface area contributed by atoms with Gasteiger partial charge >= 0.3 is 0 Å². The molecule has 1 saturated heterocycles. The van der Waals surface area contributed by atoms with Gasteiger partial charge in [0.15, 0.2) is 6.29 Å². The molecule has 4 heteroatoms. The van der Waals surface area contributed by atoms with Crippen LogP contribution in [0.15, 0.2) is 0 Å². The Hall–Kier alpha value is -0.160. The van der Waals surface area contributed by atoms with Crippen LogP contribution in [0.3, 0.4) is 0 Å². The zero-order valence-electron chi connectivity index (χ0n) is 12.6. The van der Waals surface area contributed by atoms with Crippen molar-refractivity contribution in [2.24, 2.45) is 23.3 Å². The molecule has 4 N–H and O–H groups in total. The standard InChI is InChI=1S/C16H30N2O2/c17-16(18,12-4-2-1-3-5-12)13-6-8-14(9-7-13)20-15-10-11-19-15/h12-15H,1-11,17-18H2. The van der Waals surface area contributed by atoms with Crippen LogP contribution >= 0.6 is 0 Å². The summed E-state index contributed by atoms with van der Waals surface area (Å²) in [4.78, 5) is 0. The van der Waals surface area contributed by atoms with Crippen molar-refractivity contribution in [3.63, 3.8) is 0 Å². The van der Waals surface area contributed by atoms with Crippen molar-refractivity contribution >= 4 is 0 Å². The van der Waals surface area contributed by atoms with Crippen LogP contribution in [0.5, 0.6) is 0 Å². The van der Waals surface area contributed by atoms with Gasteiger partial charge in [-0.25, -0.2) is 0 Å². The fraction of sp³-hybridized carbons (Fsp3) is 1.00. The summed E-state index contributed by atoms with van der Waals surface area (Å²) in [5.74, 6) is 0.987. The fourth-order valence-corrected chi connectivity index (χ4v) is 4.17. The largest absolute Gasteiger partial charge is 0.352 e. The highest BCUT2D eigenvalue weighted by molar-refractivity contribution is 4.95. The second kappa shape index (κ2) is 6.30. The lowest BCUT2D eigenvalue weighted by Crippen LogP contribution is -2.62. The van der Waals surface area contributed by atoms with Gasteiger partial charge in [0, 0.05) is 6.42 Å². The molecule has 3 fully saturated rings. The molecule has 3 aliphatic rings. The SMILES string of the molecule is NC(N)(C1CCCCC1)C1CCC(OC2CCO2)CC1. The molecule has 0 amide bonds. The summed E-state index contributed by atoms with van der Waals surface area (Å²) in [6, 6.07) is 0. The Bertz CT molecular complexity index is 304. The zero-order chi connectivity index (χ0) is 14.0. The molecule has 1 atom stereocenters. The molecule has 4 nitrogen and oxygen atoms in total. The maximum atomic E-state index is 6.56. The Morgan fingerprint density at radius 2 is 1.40 bits per heavy atom. The van der Waals surface area contributed by atoms with Crippen LogP contribution in [0.25, 0.3) is 0 Å². The minimum Gasteiger partial charge on any atom is -0.352 e. The summed E-state index contributed by atoms with van der Waals surface area (Å²) in [6.45, 7) is 0.858. The van der Waals surface area contributed by atoms with Gasteiger partial charge in [-0.15, -0.1) is 0 Å². The van der Waals surface area contributed by atoms with E-state index >= 15 is 0 Å². The number of hydrogen-bond donors (Lipinski definition) is 2. The van der Waals surface area contributed by atoms with E-state index in [9.17, 15) is 0 Å². The van der Waals surface area contributed by atoms with Crippen LogP contribution in [0.1, 0.15) is 64.2 Å². The topological polar surface area (TPSA) is 70.5 Å². The first-order valence-electron chi connectivity index (χ1n) is 8.51. The van der Waals surface area contributed by atoms with Gasteiger partial charge in [0.1, 0.15) is 0 Å². The number of rotatable bonds is 4. The molecule has 0 radical (unpaired) electrons. The van der Waals surface area contributed by atoms with E-state index < -0.39 is 5.66 Å². The molecule has 116 valence electrons. The molecule has 3 rings (SSSR count). The van der Waals surface area contributed by atoms with Crippen LogP contribution in [0.2, 0.25) is 0 Å². The van der Waals surface area contributed by atoms with Crippen molar-refractivity contribution in [2.45, 2.75) is 82.3 Å². The minimum atomic E-state index is -0.460. The van der Waals surface area contributed by atoms with Crippen molar-refractivity contribution in [1.82, 2.24) is 0 Å². The molecular formula is C16H30N2O2. The van der Waals surface area contributed by atoms with E-state index in [4.69, 9.17) is 20.9 Å². The predicted octanol–water partition coefficient (Wildman–Crippen LogP) is 2.50. The van der Waals surface area contributed by atoms with Crippen LogP contribution < -0.4 is 11.5 Å². The van der Waals surface area contributed by atoms with Crippen LogP contribution in [-0.2, 0) is 9.47 Å². The summed E-state index contributed by atoms with van der Waals surface area (Å²) >= 11 is 0. The van der Waals surface area contributed by atoms with E-state index in [1.165, 1.54) is 32.1 Å². The second-order valence-corrected chi connectivity index (χ2v) is 7.03. The first kappa shape index (κ1) is 14.8. The third kappa shape index (κ3) is 3.19. The molecule has 1 aliphatic heterocycles. The van der Waals surface area contributed by atoms with E-state index in [-0.39, 0.29) is 6.29 Å². The van der Waals surface area contributed by atoms with Gasteiger partial charge in [-0.05, 0) is 50.4 Å². The lowest BCUT2D eigenvalue weighted by Gasteiger charge is -2.45. The highest BCUT2D eigenvalue weighted by Gasteiger charge is 2.41. The smallest absolute Gasteiger partial charge is 0.160 e. The summed E-state index contributed by atoms with van der Waals surface area (Å²) in [7, 11) is 0. The van der Waals surface area contributed by atoms with E-state index in [1.54, 1.807) is 0 Å². The quantitative estimate of drug-likeness (QED) is 0.777. The number of nitrogens with two attached hydrogens (primary N) is 2. The van der Waals surface area contributed by atoms with Gasteiger partial charge < -0.3 is 20.9 Å². The zero-order valence-corrected chi connectivity index (χ0v) is 12.6. The lowest BCUT2D eigenvalue weighted by molar-refractivity contribution is -0.241. The van der Waals surface area contributed by atoms with Crippen LogP contribution in [-0.4, -0.2) is 24.7 Å². The van der Waals surface area contributed by atoms with Crippen LogP contribution in [0, 0.1) is 11.8 Å². The Balaban J connectivity index is 1.48. The molecule has 1 heterocycles. The van der Waals surface area contributed by atoms with Gasteiger partial charge in [0.25, 0.3) is 0 Å².